The van der Waals surface area contributed by atoms with Crippen LogP contribution in [-0.4, -0.2) is 13.1 Å². The van der Waals surface area contributed by atoms with E-state index < -0.39 is 0 Å². The zero-order valence-corrected chi connectivity index (χ0v) is 14.5. The fourth-order valence-electron chi connectivity index (χ4n) is 3.57. The molecule has 0 radical (unpaired) electrons. The quantitative estimate of drug-likeness (QED) is 0.658. The molecule has 1 heterocycles. The number of rotatable bonds is 6. The molecule has 0 bridgehead atoms. The Morgan fingerprint density at radius 3 is 2.48 bits per heavy atom. The molecule has 0 saturated carbocycles. The monoisotopic (exact) mass is 287 g/mol. The fourth-order valence-corrected chi connectivity index (χ4v) is 3.57. The molecule has 0 unspecified atom stereocenters. The highest BCUT2D eigenvalue weighted by atomic mass is 15.1. The third kappa shape index (κ3) is 4.76. The molecule has 0 amide bonds. The van der Waals surface area contributed by atoms with Gasteiger partial charge in [0.25, 0.3) is 0 Å². The fraction of sp³-hybridized carbons (Fsp3) is 0.700. The van der Waals surface area contributed by atoms with Gasteiger partial charge >= 0.3 is 0 Å². The van der Waals surface area contributed by atoms with Gasteiger partial charge < -0.3 is 4.90 Å². The normalized spacial score (nSPS) is 16.7. The van der Waals surface area contributed by atoms with Gasteiger partial charge in [-0.15, -0.1) is 0 Å². The molecule has 0 aliphatic carbocycles. The molecule has 1 aromatic rings. The first kappa shape index (κ1) is 16.4. The minimum Gasteiger partial charge on any atom is -0.372 e. The van der Waals surface area contributed by atoms with Crippen LogP contribution in [0.4, 0.5) is 5.69 Å². The van der Waals surface area contributed by atoms with E-state index in [1.807, 2.05) is 0 Å². The molecule has 118 valence electrons. The molecule has 1 aliphatic heterocycles. The van der Waals surface area contributed by atoms with E-state index in [0.717, 1.165) is 18.3 Å². The lowest BCUT2D eigenvalue weighted by Crippen LogP contribution is -2.33. The first-order valence-corrected chi connectivity index (χ1v) is 8.94. The van der Waals surface area contributed by atoms with Gasteiger partial charge in [0.2, 0.25) is 0 Å². The van der Waals surface area contributed by atoms with E-state index in [1.165, 1.54) is 62.0 Å². The van der Waals surface area contributed by atoms with Gasteiger partial charge in [0.1, 0.15) is 0 Å². The summed E-state index contributed by atoms with van der Waals surface area (Å²) < 4.78 is 0. The lowest BCUT2D eigenvalue weighted by Gasteiger charge is -2.34. The van der Waals surface area contributed by atoms with Crippen LogP contribution in [0.3, 0.4) is 0 Å². The van der Waals surface area contributed by atoms with Crippen LogP contribution in [0.25, 0.3) is 0 Å². The van der Waals surface area contributed by atoms with Crippen LogP contribution in [0, 0.1) is 18.8 Å². The van der Waals surface area contributed by atoms with Crippen LogP contribution in [0.2, 0.25) is 0 Å². The van der Waals surface area contributed by atoms with E-state index in [1.54, 1.807) is 0 Å². The van der Waals surface area contributed by atoms with Crippen LogP contribution < -0.4 is 4.90 Å². The van der Waals surface area contributed by atoms with E-state index >= 15 is 0 Å². The Morgan fingerprint density at radius 2 is 1.90 bits per heavy atom. The Balaban J connectivity index is 1.82. The van der Waals surface area contributed by atoms with Crippen molar-refractivity contribution in [1.29, 1.82) is 0 Å². The molecular formula is C20H33N. The molecular weight excluding hydrogens is 254 g/mol. The van der Waals surface area contributed by atoms with E-state index in [0.29, 0.717) is 0 Å². The van der Waals surface area contributed by atoms with Gasteiger partial charge in [-0.2, -0.15) is 0 Å². The maximum absolute atomic E-state index is 2.59. The second-order valence-electron chi connectivity index (χ2n) is 7.22. The maximum atomic E-state index is 2.59. The molecule has 0 aromatic heterocycles. The number of hydrogen-bond acceptors (Lipinski definition) is 1. The Labute approximate surface area is 131 Å². The molecule has 1 nitrogen and oxygen atoms in total. The van der Waals surface area contributed by atoms with E-state index in [4.69, 9.17) is 0 Å². The summed E-state index contributed by atoms with van der Waals surface area (Å²) in [6, 6.07) is 7.03. The average Bonchev–Trinajstić information content (AvgIpc) is 2.47. The van der Waals surface area contributed by atoms with Crippen molar-refractivity contribution >= 4 is 5.69 Å². The molecule has 1 aliphatic rings. The van der Waals surface area contributed by atoms with Crippen molar-refractivity contribution < 1.29 is 0 Å². The smallest absolute Gasteiger partial charge is 0.0369 e. The van der Waals surface area contributed by atoms with Crippen LogP contribution >= 0.6 is 0 Å². The molecule has 2 rings (SSSR count). The second kappa shape index (κ2) is 7.87. The van der Waals surface area contributed by atoms with E-state index in [2.05, 4.69) is 50.8 Å². The first-order chi connectivity index (χ1) is 10.1. The molecule has 0 atom stereocenters. The van der Waals surface area contributed by atoms with Crippen molar-refractivity contribution in [1.82, 2.24) is 0 Å². The van der Waals surface area contributed by atoms with Crippen LogP contribution in [-0.2, 0) is 6.42 Å². The number of benzene rings is 1. The Hall–Kier alpha value is -0.980. The topological polar surface area (TPSA) is 3.24 Å². The Bertz CT molecular complexity index is 427. The van der Waals surface area contributed by atoms with Gasteiger partial charge in [-0.1, -0.05) is 46.1 Å². The zero-order valence-electron chi connectivity index (χ0n) is 14.5. The standard InChI is InChI=1S/C20H33N/c1-5-19-9-10-20(15-17(19)4)21-13-11-18(12-14-21)8-6-7-16(2)3/h9-10,15-16,18H,5-8,11-14H2,1-4H3. The van der Waals surface area contributed by atoms with Gasteiger partial charge in [0.05, 0.1) is 0 Å². The third-order valence-corrected chi connectivity index (χ3v) is 5.08. The summed E-state index contributed by atoms with van der Waals surface area (Å²) in [7, 11) is 0. The van der Waals surface area contributed by atoms with Crippen molar-refractivity contribution in [3.05, 3.63) is 29.3 Å². The molecule has 1 heteroatoms. The summed E-state index contributed by atoms with van der Waals surface area (Å²) in [6.07, 6.45) is 8.17. The van der Waals surface area contributed by atoms with Crippen molar-refractivity contribution in [2.24, 2.45) is 11.8 Å². The molecule has 1 saturated heterocycles. The summed E-state index contributed by atoms with van der Waals surface area (Å²) in [6.45, 7) is 11.7. The lowest BCUT2D eigenvalue weighted by atomic mass is 9.90. The number of nitrogens with zero attached hydrogens (tertiary/aromatic N) is 1. The molecule has 1 fully saturated rings. The third-order valence-electron chi connectivity index (χ3n) is 5.08. The number of hydrogen-bond donors (Lipinski definition) is 0. The van der Waals surface area contributed by atoms with Crippen LogP contribution in [0.5, 0.6) is 0 Å². The summed E-state index contributed by atoms with van der Waals surface area (Å²) in [5.41, 5.74) is 4.38. The lowest BCUT2D eigenvalue weighted by molar-refractivity contribution is 0.358. The minimum absolute atomic E-state index is 0.866. The molecule has 21 heavy (non-hydrogen) atoms. The van der Waals surface area contributed by atoms with Gasteiger partial charge in [-0.3, -0.25) is 0 Å². The highest BCUT2D eigenvalue weighted by Crippen LogP contribution is 2.28. The number of anilines is 1. The minimum atomic E-state index is 0.866. The SMILES string of the molecule is CCc1ccc(N2CCC(CCCC(C)C)CC2)cc1C. The van der Waals surface area contributed by atoms with Crippen LogP contribution in [0.15, 0.2) is 18.2 Å². The van der Waals surface area contributed by atoms with Gasteiger partial charge in [0.15, 0.2) is 0 Å². The van der Waals surface area contributed by atoms with Crippen molar-refractivity contribution in [3.63, 3.8) is 0 Å². The molecule has 0 N–H and O–H groups in total. The van der Waals surface area contributed by atoms with Crippen molar-refractivity contribution in [2.75, 3.05) is 18.0 Å². The van der Waals surface area contributed by atoms with Crippen molar-refractivity contribution in [2.45, 2.75) is 66.2 Å². The predicted molar refractivity (Wildman–Crippen MR) is 94.2 cm³/mol. The average molecular weight is 287 g/mol. The summed E-state index contributed by atoms with van der Waals surface area (Å²) >= 11 is 0. The number of piperidine rings is 1. The van der Waals surface area contributed by atoms with Gasteiger partial charge in [-0.05, 0) is 61.3 Å². The maximum Gasteiger partial charge on any atom is 0.0369 e. The second-order valence-corrected chi connectivity index (χ2v) is 7.22. The highest BCUT2D eigenvalue weighted by molar-refractivity contribution is 5.51. The van der Waals surface area contributed by atoms with Gasteiger partial charge in [-0.25, -0.2) is 0 Å². The van der Waals surface area contributed by atoms with E-state index in [-0.39, 0.29) is 0 Å². The van der Waals surface area contributed by atoms with Crippen molar-refractivity contribution in [3.8, 4) is 0 Å². The summed E-state index contributed by atoms with van der Waals surface area (Å²) in [5, 5.41) is 0. The molecule has 0 spiro atoms. The highest BCUT2D eigenvalue weighted by Gasteiger charge is 2.19. The van der Waals surface area contributed by atoms with Crippen LogP contribution in [0.1, 0.15) is 64.0 Å². The predicted octanol–water partition coefficient (Wildman–Crippen LogP) is 5.60. The zero-order chi connectivity index (χ0) is 15.2. The Morgan fingerprint density at radius 1 is 1.19 bits per heavy atom. The molecule has 1 aromatic carbocycles. The summed E-state index contributed by atoms with van der Waals surface area (Å²) in [4.78, 5) is 2.59. The first-order valence-electron chi connectivity index (χ1n) is 8.94. The largest absolute Gasteiger partial charge is 0.372 e. The van der Waals surface area contributed by atoms with Gasteiger partial charge in [0, 0.05) is 18.8 Å². The Kier molecular flexibility index (Phi) is 6.14. The van der Waals surface area contributed by atoms with E-state index in [9.17, 15) is 0 Å². The number of aryl methyl sites for hydroxylation is 2. The summed E-state index contributed by atoms with van der Waals surface area (Å²) in [5.74, 6) is 1.83.